The molecule has 26 heavy (non-hydrogen) atoms. The molecule has 2 amide bonds. The predicted octanol–water partition coefficient (Wildman–Crippen LogP) is 1.55. The van der Waals surface area contributed by atoms with Crippen LogP contribution in [0.2, 0.25) is 0 Å². The third-order valence-corrected chi connectivity index (χ3v) is 6.72. The first-order valence-electron chi connectivity index (χ1n) is 9.84. The number of fused-ring (bicyclic) bond motifs is 1. The molecule has 3 saturated heterocycles. The van der Waals surface area contributed by atoms with Crippen molar-refractivity contribution >= 4 is 24.2 Å². The Morgan fingerprint density at radius 1 is 1.23 bits per heavy atom. The number of hydrogen-bond donors (Lipinski definition) is 1. The van der Waals surface area contributed by atoms with Crippen LogP contribution in [0.15, 0.2) is 0 Å². The van der Waals surface area contributed by atoms with Crippen LogP contribution in [0, 0.1) is 28.6 Å². The van der Waals surface area contributed by atoms with Gasteiger partial charge in [-0.05, 0) is 63.5 Å². The van der Waals surface area contributed by atoms with Crippen LogP contribution in [0.25, 0.3) is 0 Å². The molecular weight excluding hydrogens is 352 g/mol. The van der Waals surface area contributed by atoms with Crippen LogP contribution in [-0.4, -0.2) is 60.4 Å². The van der Waals surface area contributed by atoms with E-state index in [1.807, 2.05) is 4.90 Å². The first-order chi connectivity index (χ1) is 12.1. The summed E-state index contributed by atoms with van der Waals surface area (Å²) in [7, 11) is 0. The second-order valence-corrected chi connectivity index (χ2v) is 8.34. The largest absolute Gasteiger partial charge is 0.341 e. The molecular formula is C19H29ClN4O2. The van der Waals surface area contributed by atoms with Gasteiger partial charge in [-0.25, -0.2) is 0 Å². The average molecular weight is 381 g/mol. The van der Waals surface area contributed by atoms with Crippen LogP contribution in [-0.2, 0) is 9.59 Å². The molecule has 0 spiro atoms. The van der Waals surface area contributed by atoms with Crippen molar-refractivity contribution in [3.05, 3.63) is 0 Å². The Labute approximate surface area is 161 Å². The van der Waals surface area contributed by atoms with Gasteiger partial charge in [0, 0.05) is 32.1 Å². The molecule has 1 saturated carbocycles. The van der Waals surface area contributed by atoms with E-state index >= 15 is 0 Å². The fourth-order valence-corrected chi connectivity index (χ4v) is 4.92. The maximum absolute atomic E-state index is 12.7. The normalized spacial score (nSPS) is 30.8. The van der Waals surface area contributed by atoms with E-state index in [2.05, 4.69) is 16.3 Å². The number of nitriles is 1. The van der Waals surface area contributed by atoms with Gasteiger partial charge in [0.15, 0.2) is 0 Å². The smallest absolute Gasteiger partial charge is 0.243 e. The number of piperidine rings is 3. The van der Waals surface area contributed by atoms with E-state index in [-0.39, 0.29) is 24.4 Å². The zero-order valence-electron chi connectivity index (χ0n) is 15.3. The van der Waals surface area contributed by atoms with Crippen LogP contribution >= 0.6 is 12.4 Å². The summed E-state index contributed by atoms with van der Waals surface area (Å²) in [6.45, 7) is 4.42. The van der Waals surface area contributed by atoms with Gasteiger partial charge in [0.2, 0.25) is 11.8 Å². The molecule has 4 rings (SSSR count). The lowest BCUT2D eigenvalue weighted by Gasteiger charge is -2.48. The quantitative estimate of drug-likeness (QED) is 0.805. The summed E-state index contributed by atoms with van der Waals surface area (Å²) in [5.41, 5.74) is -0.716. The molecule has 1 aliphatic carbocycles. The Kier molecular flexibility index (Phi) is 5.78. The fourth-order valence-electron chi connectivity index (χ4n) is 4.92. The molecule has 0 aromatic rings. The molecule has 0 radical (unpaired) electrons. The van der Waals surface area contributed by atoms with Gasteiger partial charge in [-0.3, -0.25) is 9.59 Å². The summed E-state index contributed by atoms with van der Waals surface area (Å²) < 4.78 is 0. The van der Waals surface area contributed by atoms with Crippen molar-refractivity contribution in [1.29, 1.82) is 5.26 Å². The number of likely N-dealkylation sites (tertiary alicyclic amines) is 2. The van der Waals surface area contributed by atoms with E-state index in [1.54, 1.807) is 0 Å². The van der Waals surface area contributed by atoms with Gasteiger partial charge in [0.25, 0.3) is 0 Å². The zero-order chi connectivity index (χ0) is 17.4. The minimum absolute atomic E-state index is 0. The Morgan fingerprint density at radius 3 is 2.62 bits per heavy atom. The molecule has 1 N–H and O–H groups in total. The molecule has 6 nitrogen and oxygen atoms in total. The van der Waals surface area contributed by atoms with Crippen LogP contribution in [0.3, 0.4) is 0 Å². The SMILES string of the molecule is Cl.N#CC1(C(=O)N2CC[C@@H]3[C@@H](CCC(=O)N3CC3CCNCC3)C2)CC1. The summed E-state index contributed by atoms with van der Waals surface area (Å²) in [6, 6.07) is 2.52. The predicted molar refractivity (Wildman–Crippen MR) is 99.5 cm³/mol. The number of halogens is 1. The second kappa shape index (κ2) is 7.74. The molecule has 4 fully saturated rings. The first-order valence-corrected chi connectivity index (χ1v) is 9.84. The van der Waals surface area contributed by atoms with Crippen molar-refractivity contribution in [3.8, 4) is 6.07 Å². The van der Waals surface area contributed by atoms with Gasteiger partial charge in [0.1, 0.15) is 5.41 Å². The number of hydrogen-bond acceptors (Lipinski definition) is 4. The number of nitrogens with zero attached hydrogens (tertiary/aromatic N) is 3. The minimum Gasteiger partial charge on any atom is -0.341 e. The summed E-state index contributed by atoms with van der Waals surface area (Å²) >= 11 is 0. The van der Waals surface area contributed by atoms with E-state index in [4.69, 9.17) is 0 Å². The van der Waals surface area contributed by atoms with Crippen LogP contribution < -0.4 is 5.32 Å². The second-order valence-electron chi connectivity index (χ2n) is 8.34. The molecule has 0 bridgehead atoms. The van der Waals surface area contributed by atoms with Crippen molar-refractivity contribution in [2.24, 2.45) is 17.3 Å². The Bertz CT molecular complexity index is 595. The first kappa shape index (κ1) is 19.4. The van der Waals surface area contributed by atoms with Crippen LogP contribution in [0.4, 0.5) is 0 Å². The van der Waals surface area contributed by atoms with Gasteiger partial charge < -0.3 is 15.1 Å². The fraction of sp³-hybridized carbons (Fsp3) is 0.842. The molecule has 144 valence electrons. The van der Waals surface area contributed by atoms with Gasteiger partial charge in [0.05, 0.1) is 6.07 Å². The Hall–Kier alpha value is -1.32. The van der Waals surface area contributed by atoms with Crippen LogP contribution in [0.1, 0.15) is 44.9 Å². The number of amides is 2. The maximum atomic E-state index is 12.7. The number of carbonyl (C=O) groups is 2. The van der Waals surface area contributed by atoms with E-state index < -0.39 is 5.41 Å². The van der Waals surface area contributed by atoms with Crippen molar-refractivity contribution in [1.82, 2.24) is 15.1 Å². The number of carbonyl (C=O) groups excluding carboxylic acids is 2. The molecule has 3 heterocycles. The molecule has 2 atom stereocenters. The highest BCUT2D eigenvalue weighted by Gasteiger charge is 2.54. The standard InChI is InChI=1S/C19H28N4O2.ClH/c20-13-19(6-7-19)18(25)22-10-5-16-15(12-22)1-2-17(24)23(16)11-14-3-8-21-9-4-14;/h14-16,21H,1-12H2;1H/t15-,16+;/m0./s1. The Balaban J connectivity index is 0.00000196. The summed E-state index contributed by atoms with van der Waals surface area (Å²) in [4.78, 5) is 29.3. The number of nitrogens with one attached hydrogen (secondary N) is 1. The van der Waals surface area contributed by atoms with Crippen LogP contribution in [0.5, 0.6) is 0 Å². The monoisotopic (exact) mass is 380 g/mol. The van der Waals surface area contributed by atoms with E-state index in [0.717, 1.165) is 51.9 Å². The molecule has 0 aromatic carbocycles. The van der Waals surface area contributed by atoms with Gasteiger partial charge in [-0.2, -0.15) is 5.26 Å². The van der Waals surface area contributed by atoms with Crippen molar-refractivity contribution in [2.75, 3.05) is 32.7 Å². The highest BCUT2D eigenvalue weighted by Crippen LogP contribution is 2.47. The van der Waals surface area contributed by atoms with E-state index in [0.29, 0.717) is 43.6 Å². The summed E-state index contributed by atoms with van der Waals surface area (Å²) in [5, 5.41) is 12.7. The Morgan fingerprint density at radius 2 is 1.96 bits per heavy atom. The van der Waals surface area contributed by atoms with Crippen molar-refractivity contribution < 1.29 is 9.59 Å². The molecule has 7 heteroatoms. The highest BCUT2D eigenvalue weighted by molar-refractivity contribution is 5.88. The van der Waals surface area contributed by atoms with Gasteiger partial charge >= 0.3 is 0 Å². The third-order valence-electron chi connectivity index (χ3n) is 6.72. The lowest BCUT2D eigenvalue weighted by atomic mass is 9.82. The third kappa shape index (κ3) is 3.57. The van der Waals surface area contributed by atoms with E-state index in [9.17, 15) is 14.9 Å². The van der Waals surface area contributed by atoms with Crippen molar-refractivity contribution in [3.63, 3.8) is 0 Å². The lowest BCUT2D eigenvalue weighted by molar-refractivity contribution is -0.146. The van der Waals surface area contributed by atoms with Crippen molar-refractivity contribution in [2.45, 2.75) is 51.0 Å². The number of rotatable bonds is 3. The molecule has 4 aliphatic rings. The summed E-state index contributed by atoms with van der Waals surface area (Å²) in [5.74, 6) is 1.33. The zero-order valence-corrected chi connectivity index (χ0v) is 16.1. The van der Waals surface area contributed by atoms with E-state index in [1.165, 1.54) is 0 Å². The highest BCUT2D eigenvalue weighted by atomic mass is 35.5. The average Bonchev–Trinajstić information content (AvgIpc) is 3.45. The summed E-state index contributed by atoms with van der Waals surface area (Å²) in [6.07, 6.45) is 6.09. The molecule has 0 unspecified atom stereocenters. The molecule has 0 aromatic heterocycles. The lowest BCUT2D eigenvalue weighted by Crippen LogP contribution is -2.58. The topological polar surface area (TPSA) is 76.4 Å². The van der Waals surface area contributed by atoms with Gasteiger partial charge in [-0.15, -0.1) is 12.4 Å². The minimum atomic E-state index is -0.716. The van der Waals surface area contributed by atoms with Gasteiger partial charge in [-0.1, -0.05) is 0 Å². The molecule has 3 aliphatic heterocycles. The maximum Gasteiger partial charge on any atom is 0.243 e.